The highest BCUT2D eigenvalue weighted by molar-refractivity contribution is 9.10. The molecule has 1 heterocycles. The number of hydrogen-bond donors (Lipinski definition) is 0. The molecule has 3 rings (SSSR count). The fraction of sp³-hybridized carbons (Fsp3) is 0.385. The zero-order valence-electron chi connectivity index (χ0n) is 9.05. The molecule has 1 aliphatic rings. The Morgan fingerprint density at radius 1 is 1.33 bits per heavy atom. The van der Waals surface area contributed by atoms with Gasteiger partial charge in [0.1, 0.15) is 0 Å². The van der Waals surface area contributed by atoms with Gasteiger partial charge in [-0.1, -0.05) is 12.1 Å². The lowest BCUT2D eigenvalue weighted by molar-refractivity contribution is 0.852. The number of benzene rings is 1. The molecule has 0 radical (unpaired) electrons. The van der Waals surface area contributed by atoms with Crippen LogP contribution < -0.4 is 0 Å². The van der Waals surface area contributed by atoms with Crippen molar-refractivity contribution in [2.24, 2.45) is 7.05 Å². The molecular weight excluding hydrogens is 250 g/mol. The Bertz CT molecular complexity index is 535. The molecule has 0 atom stereocenters. The second-order valence-electron chi connectivity index (χ2n) is 4.55. The van der Waals surface area contributed by atoms with Crippen molar-refractivity contribution in [2.45, 2.75) is 25.7 Å². The van der Waals surface area contributed by atoms with Crippen molar-refractivity contribution in [3.8, 4) is 0 Å². The summed E-state index contributed by atoms with van der Waals surface area (Å²) >= 11 is 3.75. The molecular formula is C13H14BrN. The van der Waals surface area contributed by atoms with Crippen molar-refractivity contribution >= 4 is 26.8 Å². The first-order valence-corrected chi connectivity index (χ1v) is 6.22. The van der Waals surface area contributed by atoms with E-state index in [1.165, 1.54) is 39.5 Å². The molecule has 1 fully saturated rings. The van der Waals surface area contributed by atoms with Crippen molar-refractivity contribution in [2.75, 3.05) is 0 Å². The van der Waals surface area contributed by atoms with Crippen molar-refractivity contribution in [1.29, 1.82) is 0 Å². The van der Waals surface area contributed by atoms with E-state index < -0.39 is 0 Å². The Morgan fingerprint density at radius 2 is 2.07 bits per heavy atom. The van der Waals surface area contributed by atoms with Crippen molar-refractivity contribution < 1.29 is 0 Å². The Kier molecular flexibility index (Phi) is 1.96. The third-order valence-electron chi connectivity index (χ3n) is 3.30. The van der Waals surface area contributed by atoms with E-state index in [2.05, 4.69) is 52.7 Å². The number of fused-ring (bicyclic) bond motifs is 1. The van der Waals surface area contributed by atoms with Gasteiger partial charge in [0.25, 0.3) is 0 Å². The van der Waals surface area contributed by atoms with E-state index in [1.54, 1.807) is 0 Å². The second-order valence-corrected chi connectivity index (χ2v) is 5.35. The molecule has 15 heavy (non-hydrogen) atoms. The molecule has 0 bridgehead atoms. The number of rotatable bonds is 1. The molecule has 78 valence electrons. The van der Waals surface area contributed by atoms with Gasteiger partial charge in [0, 0.05) is 34.0 Å². The lowest BCUT2D eigenvalue weighted by Gasteiger charge is -2.02. The zero-order valence-corrected chi connectivity index (χ0v) is 10.6. The van der Waals surface area contributed by atoms with Gasteiger partial charge in [0.05, 0.1) is 0 Å². The van der Waals surface area contributed by atoms with Crippen LogP contribution in [0.3, 0.4) is 0 Å². The number of nitrogens with zero attached hydrogens (tertiary/aromatic N) is 1. The molecule has 1 nitrogen and oxygen atoms in total. The Hall–Kier alpha value is -0.760. The minimum atomic E-state index is 0.789. The predicted octanol–water partition coefficient (Wildman–Crippen LogP) is 4.13. The summed E-state index contributed by atoms with van der Waals surface area (Å²) in [5, 5.41) is 1.35. The standard InChI is InChI=1S/C13H14BrN/c1-8-3-6-10-11(7-8)15(2)13(12(10)14)9-4-5-9/h3,6-7,9H,4-5H2,1-2H3. The molecule has 1 saturated carbocycles. The zero-order chi connectivity index (χ0) is 10.6. The molecule has 1 aromatic heterocycles. The molecule has 0 N–H and O–H groups in total. The van der Waals surface area contributed by atoms with Gasteiger partial charge in [0.15, 0.2) is 0 Å². The summed E-state index contributed by atoms with van der Waals surface area (Å²) in [5.41, 5.74) is 4.16. The molecule has 2 heteroatoms. The van der Waals surface area contributed by atoms with Crippen molar-refractivity contribution in [3.05, 3.63) is 33.9 Å². The van der Waals surface area contributed by atoms with Crippen LogP contribution in [-0.4, -0.2) is 4.57 Å². The van der Waals surface area contributed by atoms with Gasteiger partial charge in [-0.3, -0.25) is 0 Å². The first kappa shape index (κ1) is 9.46. The predicted molar refractivity (Wildman–Crippen MR) is 67.3 cm³/mol. The molecule has 0 unspecified atom stereocenters. The average molecular weight is 264 g/mol. The first-order valence-electron chi connectivity index (χ1n) is 5.43. The summed E-state index contributed by atoms with van der Waals surface area (Å²) in [6, 6.07) is 6.68. The van der Waals surface area contributed by atoms with Crippen molar-refractivity contribution in [3.63, 3.8) is 0 Å². The van der Waals surface area contributed by atoms with E-state index in [0.717, 1.165) is 5.92 Å². The summed E-state index contributed by atoms with van der Waals surface area (Å²) in [4.78, 5) is 0. The van der Waals surface area contributed by atoms with Crippen LogP contribution in [0.1, 0.15) is 30.0 Å². The van der Waals surface area contributed by atoms with E-state index >= 15 is 0 Å². The minimum Gasteiger partial charge on any atom is -0.346 e. The molecule has 0 amide bonds. The summed E-state index contributed by atoms with van der Waals surface area (Å²) in [5.74, 6) is 0.789. The lowest BCUT2D eigenvalue weighted by atomic mass is 10.2. The van der Waals surface area contributed by atoms with Crippen LogP contribution in [0, 0.1) is 6.92 Å². The Morgan fingerprint density at radius 3 is 2.73 bits per heavy atom. The molecule has 2 aromatic rings. The summed E-state index contributed by atoms with van der Waals surface area (Å²) in [7, 11) is 2.18. The first-order chi connectivity index (χ1) is 7.18. The second kappa shape index (κ2) is 3.11. The van der Waals surface area contributed by atoms with Crippen LogP contribution in [0.25, 0.3) is 10.9 Å². The Balaban J connectivity index is 2.37. The highest BCUT2D eigenvalue weighted by Gasteiger charge is 2.29. The maximum Gasteiger partial charge on any atom is 0.0494 e. The van der Waals surface area contributed by atoms with E-state index in [4.69, 9.17) is 0 Å². The minimum absolute atomic E-state index is 0.789. The van der Waals surface area contributed by atoms with E-state index in [9.17, 15) is 0 Å². The summed E-state index contributed by atoms with van der Waals surface area (Å²) in [6.45, 7) is 2.15. The highest BCUT2D eigenvalue weighted by atomic mass is 79.9. The van der Waals surface area contributed by atoms with Gasteiger partial charge < -0.3 is 4.57 Å². The van der Waals surface area contributed by atoms with Crippen LogP contribution >= 0.6 is 15.9 Å². The fourth-order valence-electron chi connectivity index (χ4n) is 2.33. The third-order valence-corrected chi connectivity index (χ3v) is 4.13. The molecule has 0 aliphatic heterocycles. The number of hydrogen-bond acceptors (Lipinski definition) is 0. The van der Waals surface area contributed by atoms with Gasteiger partial charge in [-0.15, -0.1) is 0 Å². The molecule has 0 saturated heterocycles. The Labute approximate surface area is 98.2 Å². The topological polar surface area (TPSA) is 4.93 Å². The third kappa shape index (κ3) is 1.35. The van der Waals surface area contributed by atoms with E-state index in [1.807, 2.05) is 0 Å². The largest absolute Gasteiger partial charge is 0.346 e. The van der Waals surface area contributed by atoms with Crippen LogP contribution in [-0.2, 0) is 7.05 Å². The SMILES string of the molecule is Cc1ccc2c(Br)c(C3CC3)n(C)c2c1. The monoisotopic (exact) mass is 263 g/mol. The van der Waals surface area contributed by atoms with Crippen LogP contribution in [0.5, 0.6) is 0 Å². The quantitative estimate of drug-likeness (QED) is 0.730. The normalized spacial score (nSPS) is 16.2. The highest BCUT2D eigenvalue weighted by Crippen LogP contribution is 2.46. The number of aryl methyl sites for hydroxylation is 2. The van der Waals surface area contributed by atoms with Crippen LogP contribution in [0.4, 0.5) is 0 Å². The van der Waals surface area contributed by atoms with Gasteiger partial charge in [-0.25, -0.2) is 0 Å². The number of aromatic nitrogens is 1. The lowest BCUT2D eigenvalue weighted by Crippen LogP contribution is -1.94. The van der Waals surface area contributed by atoms with Gasteiger partial charge in [0.2, 0.25) is 0 Å². The maximum atomic E-state index is 3.75. The molecule has 1 aromatic carbocycles. The number of halogens is 1. The van der Waals surface area contributed by atoms with Crippen LogP contribution in [0.2, 0.25) is 0 Å². The van der Waals surface area contributed by atoms with Gasteiger partial charge in [-0.05, 0) is 47.3 Å². The maximum absolute atomic E-state index is 3.75. The van der Waals surface area contributed by atoms with Gasteiger partial charge in [-0.2, -0.15) is 0 Å². The van der Waals surface area contributed by atoms with Crippen molar-refractivity contribution in [1.82, 2.24) is 4.57 Å². The summed E-state index contributed by atoms with van der Waals surface area (Å²) in [6.07, 6.45) is 2.70. The van der Waals surface area contributed by atoms with Gasteiger partial charge >= 0.3 is 0 Å². The van der Waals surface area contributed by atoms with E-state index in [0.29, 0.717) is 0 Å². The molecule has 1 aliphatic carbocycles. The molecule has 0 spiro atoms. The van der Waals surface area contributed by atoms with E-state index in [-0.39, 0.29) is 0 Å². The van der Waals surface area contributed by atoms with Crippen LogP contribution in [0.15, 0.2) is 22.7 Å². The average Bonchev–Trinajstić information content (AvgIpc) is 2.98. The summed E-state index contributed by atoms with van der Waals surface area (Å²) < 4.78 is 3.66. The fourth-order valence-corrected chi connectivity index (χ4v) is 3.25. The smallest absolute Gasteiger partial charge is 0.0494 e.